The summed E-state index contributed by atoms with van der Waals surface area (Å²) in [6, 6.07) is 18.8. The Kier molecular flexibility index (Phi) is 9.87. The van der Waals surface area contributed by atoms with E-state index in [1.807, 2.05) is 52.0 Å². The topological polar surface area (TPSA) is 96.0 Å². The van der Waals surface area contributed by atoms with Crippen molar-refractivity contribution in [1.29, 1.82) is 0 Å². The van der Waals surface area contributed by atoms with Gasteiger partial charge in [-0.15, -0.1) is 0 Å². The number of methoxy groups -OCH3 is 1. The molecular formula is C30H36ClN3O5S. The highest BCUT2D eigenvalue weighted by atomic mass is 35.5. The summed E-state index contributed by atoms with van der Waals surface area (Å²) >= 11 is 6.07. The van der Waals surface area contributed by atoms with Crippen LogP contribution in [-0.4, -0.2) is 50.4 Å². The van der Waals surface area contributed by atoms with Crippen molar-refractivity contribution in [2.45, 2.75) is 57.6 Å². The third-order valence-electron chi connectivity index (χ3n) is 6.31. The lowest BCUT2D eigenvalue weighted by atomic mass is 10.1. The number of halogens is 1. The van der Waals surface area contributed by atoms with Gasteiger partial charge in [0.05, 0.1) is 17.7 Å². The van der Waals surface area contributed by atoms with Gasteiger partial charge in [0.1, 0.15) is 18.3 Å². The fourth-order valence-electron chi connectivity index (χ4n) is 4.04. The number of nitrogens with one attached hydrogen (secondary N) is 1. The summed E-state index contributed by atoms with van der Waals surface area (Å²) in [4.78, 5) is 28.6. The number of carbonyl (C=O) groups is 2. The smallest absolute Gasteiger partial charge is 0.264 e. The fraction of sp³-hybridized carbons (Fsp3) is 0.333. The zero-order valence-electron chi connectivity index (χ0n) is 23.6. The summed E-state index contributed by atoms with van der Waals surface area (Å²) in [7, 11) is -2.70. The molecule has 0 spiro atoms. The van der Waals surface area contributed by atoms with Crippen LogP contribution < -0.4 is 14.4 Å². The van der Waals surface area contributed by atoms with E-state index in [1.165, 1.54) is 48.4 Å². The van der Waals surface area contributed by atoms with Crippen molar-refractivity contribution in [1.82, 2.24) is 10.2 Å². The number of nitrogens with zero attached hydrogens (tertiary/aromatic N) is 2. The van der Waals surface area contributed by atoms with E-state index in [0.29, 0.717) is 10.8 Å². The lowest BCUT2D eigenvalue weighted by molar-refractivity contribution is -0.140. The molecule has 0 aromatic heterocycles. The van der Waals surface area contributed by atoms with Crippen molar-refractivity contribution in [3.63, 3.8) is 0 Å². The zero-order chi connectivity index (χ0) is 29.7. The van der Waals surface area contributed by atoms with Crippen LogP contribution in [0.25, 0.3) is 0 Å². The van der Waals surface area contributed by atoms with Crippen molar-refractivity contribution in [3.05, 3.63) is 88.9 Å². The van der Waals surface area contributed by atoms with E-state index in [9.17, 15) is 18.0 Å². The Morgan fingerprint density at radius 1 is 0.975 bits per heavy atom. The molecule has 3 aromatic carbocycles. The molecule has 8 nitrogen and oxygen atoms in total. The maximum absolute atomic E-state index is 14.0. The van der Waals surface area contributed by atoms with Crippen LogP contribution in [0.5, 0.6) is 5.75 Å². The molecule has 0 aliphatic carbocycles. The average Bonchev–Trinajstić information content (AvgIpc) is 2.90. The minimum atomic E-state index is -4.19. The van der Waals surface area contributed by atoms with E-state index < -0.39 is 34.1 Å². The maximum atomic E-state index is 14.0. The van der Waals surface area contributed by atoms with Crippen LogP contribution in [0.3, 0.4) is 0 Å². The molecule has 0 aliphatic rings. The maximum Gasteiger partial charge on any atom is 0.264 e. The average molecular weight is 586 g/mol. The van der Waals surface area contributed by atoms with Gasteiger partial charge in [-0.25, -0.2) is 8.42 Å². The Hall–Kier alpha value is -3.56. The molecule has 3 aromatic rings. The number of ether oxygens (including phenoxy) is 1. The SMILES string of the molecule is COc1ccc(S(=O)(=O)N(CC(=O)N(Cc2ccccc2C)[C@H](C)C(=O)NC(C)(C)C)c2ccc(Cl)cc2)cc1. The lowest BCUT2D eigenvalue weighted by Crippen LogP contribution is -2.54. The molecule has 40 heavy (non-hydrogen) atoms. The second kappa shape index (κ2) is 12.7. The molecule has 0 saturated carbocycles. The Bertz CT molecular complexity index is 1440. The third kappa shape index (κ3) is 7.76. The van der Waals surface area contributed by atoms with Crippen LogP contribution in [0.4, 0.5) is 5.69 Å². The molecule has 1 N–H and O–H groups in total. The molecule has 10 heteroatoms. The van der Waals surface area contributed by atoms with Crippen LogP contribution in [0.1, 0.15) is 38.8 Å². The molecule has 2 amide bonds. The molecule has 3 rings (SSSR count). The molecule has 214 valence electrons. The number of benzene rings is 3. The number of hydrogen-bond donors (Lipinski definition) is 1. The van der Waals surface area contributed by atoms with Crippen LogP contribution in [0, 0.1) is 6.92 Å². The summed E-state index contributed by atoms with van der Waals surface area (Å²) in [6.07, 6.45) is 0. The molecule has 1 atom stereocenters. The normalized spacial score (nSPS) is 12.4. The highest BCUT2D eigenvalue weighted by Crippen LogP contribution is 2.27. The third-order valence-corrected chi connectivity index (χ3v) is 8.35. The first-order valence-electron chi connectivity index (χ1n) is 12.8. The minimum Gasteiger partial charge on any atom is -0.497 e. The van der Waals surface area contributed by atoms with Gasteiger partial charge in [-0.3, -0.25) is 13.9 Å². The van der Waals surface area contributed by atoms with Gasteiger partial charge in [-0.1, -0.05) is 35.9 Å². The summed E-state index contributed by atoms with van der Waals surface area (Å²) < 4.78 is 34.0. The van der Waals surface area contributed by atoms with E-state index in [2.05, 4.69) is 5.32 Å². The van der Waals surface area contributed by atoms with E-state index in [4.69, 9.17) is 16.3 Å². The predicted octanol–water partition coefficient (Wildman–Crippen LogP) is 5.18. The quantitative estimate of drug-likeness (QED) is 0.353. The van der Waals surface area contributed by atoms with Gasteiger partial charge >= 0.3 is 0 Å². The van der Waals surface area contributed by atoms with E-state index in [1.54, 1.807) is 19.1 Å². The second-order valence-electron chi connectivity index (χ2n) is 10.5. The molecule has 0 bridgehead atoms. The van der Waals surface area contributed by atoms with Crippen LogP contribution >= 0.6 is 11.6 Å². The van der Waals surface area contributed by atoms with Gasteiger partial charge in [0.2, 0.25) is 11.8 Å². The first-order valence-corrected chi connectivity index (χ1v) is 14.6. The summed E-state index contributed by atoms with van der Waals surface area (Å²) in [6.45, 7) is 8.72. The summed E-state index contributed by atoms with van der Waals surface area (Å²) in [5, 5.41) is 3.34. The highest BCUT2D eigenvalue weighted by Gasteiger charge is 2.33. The monoisotopic (exact) mass is 585 g/mol. The highest BCUT2D eigenvalue weighted by molar-refractivity contribution is 7.92. The van der Waals surface area contributed by atoms with Gasteiger partial charge in [0.25, 0.3) is 10.0 Å². The Morgan fingerprint density at radius 3 is 2.12 bits per heavy atom. The molecule has 0 fully saturated rings. The van der Waals surface area contributed by atoms with Gasteiger partial charge in [0.15, 0.2) is 0 Å². The van der Waals surface area contributed by atoms with E-state index in [0.717, 1.165) is 15.4 Å². The molecule has 0 saturated heterocycles. The molecule has 0 radical (unpaired) electrons. The Morgan fingerprint density at radius 2 is 1.57 bits per heavy atom. The van der Waals surface area contributed by atoms with E-state index in [-0.39, 0.29) is 23.0 Å². The van der Waals surface area contributed by atoms with Crippen molar-refractivity contribution < 1.29 is 22.7 Å². The van der Waals surface area contributed by atoms with Crippen LogP contribution in [-0.2, 0) is 26.2 Å². The number of carbonyl (C=O) groups excluding carboxylic acids is 2. The van der Waals surface area contributed by atoms with E-state index >= 15 is 0 Å². The Balaban J connectivity index is 2.04. The number of hydrogen-bond acceptors (Lipinski definition) is 5. The lowest BCUT2D eigenvalue weighted by Gasteiger charge is -2.33. The number of amides is 2. The number of rotatable bonds is 10. The standard InChI is InChI=1S/C30H36ClN3O5S/c1-21-9-7-8-10-23(21)19-33(22(2)29(36)32-30(3,4)5)28(35)20-34(25-13-11-24(31)12-14-25)40(37,38)27-17-15-26(39-6)16-18-27/h7-18,22H,19-20H2,1-6H3,(H,32,36)/t22-/m1/s1. The Labute approximate surface area is 241 Å². The predicted molar refractivity (Wildman–Crippen MR) is 158 cm³/mol. The number of anilines is 1. The van der Waals surface area contributed by atoms with Crippen LogP contribution in [0.2, 0.25) is 5.02 Å². The molecule has 0 aliphatic heterocycles. The summed E-state index contributed by atoms with van der Waals surface area (Å²) in [5.41, 5.74) is 1.54. The number of sulfonamides is 1. The van der Waals surface area contributed by atoms with Crippen molar-refractivity contribution in [2.75, 3.05) is 18.0 Å². The number of aryl methyl sites for hydroxylation is 1. The zero-order valence-corrected chi connectivity index (χ0v) is 25.2. The largest absolute Gasteiger partial charge is 0.497 e. The molecule has 0 heterocycles. The van der Waals surface area contributed by atoms with Crippen molar-refractivity contribution in [3.8, 4) is 5.75 Å². The van der Waals surface area contributed by atoms with Gasteiger partial charge in [0, 0.05) is 17.1 Å². The van der Waals surface area contributed by atoms with Gasteiger partial charge in [-0.05, 0) is 94.3 Å². The van der Waals surface area contributed by atoms with Gasteiger partial charge in [-0.2, -0.15) is 0 Å². The minimum absolute atomic E-state index is 0.0139. The van der Waals surface area contributed by atoms with Gasteiger partial charge < -0.3 is 15.0 Å². The molecule has 0 unspecified atom stereocenters. The second-order valence-corrected chi connectivity index (χ2v) is 12.8. The first kappa shape index (κ1) is 31.0. The van der Waals surface area contributed by atoms with Crippen LogP contribution in [0.15, 0.2) is 77.7 Å². The molecular weight excluding hydrogens is 550 g/mol. The fourth-order valence-corrected chi connectivity index (χ4v) is 5.58. The summed E-state index contributed by atoms with van der Waals surface area (Å²) in [5.74, 6) is -0.381. The van der Waals surface area contributed by atoms with Crippen molar-refractivity contribution in [2.24, 2.45) is 0 Å². The first-order chi connectivity index (χ1) is 18.7. The van der Waals surface area contributed by atoms with Crippen molar-refractivity contribution >= 4 is 39.1 Å².